The van der Waals surface area contributed by atoms with E-state index >= 15 is 0 Å². The van der Waals surface area contributed by atoms with Gasteiger partial charge in [0, 0.05) is 30.9 Å². The molecule has 1 atom stereocenters. The molecule has 372 valence electrons. The second-order valence-corrected chi connectivity index (χ2v) is 15.3. The molecule has 0 aromatic heterocycles. The summed E-state index contributed by atoms with van der Waals surface area (Å²) in [6, 6.07) is 24.1. The average molecular weight is 995 g/mol. The first-order valence-electron chi connectivity index (χ1n) is 21.0. The molecule has 0 aliphatic heterocycles. The van der Waals surface area contributed by atoms with Crippen molar-refractivity contribution >= 4 is 47.0 Å². The zero-order valence-electron chi connectivity index (χ0n) is 36.8. The summed E-state index contributed by atoms with van der Waals surface area (Å²) in [5.41, 5.74) is -1.55. The van der Waals surface area contributed by atoms with Crippen LogP contribution in [-0.2, 0) is 9.59 Å². The summed E-state index contributed by atoms with van der Waals surface area (Å²) in [5.74, 6) is -8.94. The van der Waals surface area contributed by atoms with Crippen LogP contribution in [0.2, 0.25) is 0 Å². The van der Waals surface area contributed by atoms with Crippen LogP contribution in [0.3, 0.4) is 0 Å². The topological polar surface area (TPSA) is 232 Å². The molecule has 2 N–H and O–H groups in total. The van der Waals surface area contributed by atoms with E-state index in [0.717, 1.165) is 24.3 Å². The highest BCUT2D eigenvalue weighted by molar-refractivity contribution is 6.01. The Balaban J connectivity index is 1.23. The van der Waals surface area contributed by atoms with E-state index in [1.54, 1.807) is 0 Å². The fourth-order valence-corrected chi connectivity index (χ4v) is 6.42. The summed E-state index contributed by atoms with van der Waals surface area (Å²) in [6.07, 6.45) is -8.03. The minimum atomic E-state index is -4.31. The van der Waals surface area contributed by atoms with E-state index in [9.17, 15) is 76.0 Å². The van der Waals surface area contributed by atoms with E-state index < -0.39 is 93.6 Å². The molecule has 1 unspecified atom stereocenters. The van der Waals surface area contributed by atoms with E-state index in [4.69, 9.17) is 18.9 Å². The standard InChI is InChI=1S/C49H40F6N2O14/c50-47(51,52)25-1-27-68-37-19-9-33(10-20-37)45(60)70-39-15-4-31(5-16-39)3-14-36(58)30-42(41-23-13-35(56(64)65)29-43(41)57(66)67)49(62,63)44(59)24-8-32-6-17-40(18-7-32)71-46(61)34-11-21-38(22-12-34)69-28-2-26-48(53,54)55/h3-24,29,42,62-63H,1-2,25-28,30H2/b14-3+,24-8+. The van der Waals surface area contributed by atoms with Gasteiger partial charge in [-0.05, 0) is 115 Å². The van der Waals surface area contributed by atoms with Crippen LogP contribution >= 0.6 is 0 Å². The summed E-state index contributed by atoms with van der Waals surface area (Å²) in [5, 5.41) is 46.3. The Morgan fingerprint density at radius 2 is 1.00 bits per heavy atom. The third-order valence-corrected chi connectivity index (χ3v) is 10.0. The van der Waals surface area contributed by atoms with Crippen molar-refractivity contribution in [2.45, 2.75) is 56.2 Å². The van der Waals surface area contributed by atoms with E-state index in [1.165, 1.54) is 103 Å². The highest BCUT2D eigenvalue weighted by Crippen LogP contribution is 2.39. The molecule has 0 spiro atoms. The number of benzene rings is 5. The van der Waals surface area contributed by atoms with E-state index in [1.807, 2.05) is 0 Å². The smallest absolute Gasteiger partial charge is 0.389 e. The van der Waals surface area contributed by atoms with Gasteiger partial charge in [0.2, 0.25) is 11.6 Å². The van der Waals surface area contributed by atoms with E-state index in [0.29, 0.717) is 17.7 Å². The van der Waals surface area contributed by atoms with Crippen LogP contribution in [0.4, 0.5) is 37.7 Å². The quantitative estimate of drug-likeness (QED) is 0.00906. The molecular formula is C49H40F6N2O14. The van der Waals surface area contributed by atoms with Gasteiger partial charge in [-0.25, -0.2) is 9.59 Å². The number of hydrogen-bond donors (Lipinski definition) is 2. The number of rotatable bonds is 23. The van der Waals surface area contributed by atoms with Gasteiger partial charge in [0.1, 0.15) is 23.0 Å². The summed E-state index contributed by atoms with van der Waals surface area (Å²) >= 11 is 0. The van der Waals surface area contributed by atoms with Crippen LogP contribution in [0.15, 0.2) is 127 Å². The fourth-order valence-electron chi connectivity index (χ4n) is 6.42. The van der Waals surface area contributed by atoms with Crippen LogP contribution in [0, 0.1) is 20.2 Å². The number of esters is 2. The maximum Gasteiger partial charge on any atom is 0.389 e. The molecule has 0 aliphatic rings. The van der Waals surface area contributed by atoms with Crippen molar-refractivity contribution in [2.75, 3.05) is 13.2 Å². The highest BCUT2D eigenvalue weighted by atomic mass is 19.4. The molecule has 5 aromatic carbocycles. The molecule has 0 fully saturated rings. The minimum Gasteiger partial charge on any atom is -0.494 e. The first-order chi connectivity index (χ1) is 33.5. The van der Waals surface area contributed by atoms with Crippen molar-refractivity contribution in [3.63, 3.8) is 0 Å². The lowest BCUT2D eigenvalue weighted by atomic mass is 9.82. The summed E-state index contributed by atoms with van der Waals surface area (Å²) in [7, 11) is 0. The number of nitro groups is 2. The molecular weight excluding hydrogens is 955 g/mol. The molecule has 0 amide bonds. The van der Waals surface area contributed by atoms with Gasteiger partial charge >= 0.3 is 24.3 Å². The Hall–Kier alpha value is -8.24. The monoisotopic (exact) mass is 994 g/mol. The molecule has 22 heteroatoms. The molecule has 71 heavy (non-hydrogen) atoms. The van der Waals surface area contributed by atoms with E-state index in [-0.39, 0.29) is 65.7 Å². The predicted octanol–water partition coefficient (Wildman–Crippen LogP) is 10.1. The van der Waals surface area contributed by atoms with Gasteiger partial charge in [-0.3, -0.25) is 29.8 Å². The number of alkyl halides is 6. The van der Waals surface area contributed by atoms with Crippen LogP contribution in [0.1, 0.15) is 75.4 Å². The Morgan fingerprint density at radius 1 is 0.577 bits per heavy atom. The van der Waals surface area contributed by atoms with Crippen LogP contribution in [-0.4, -0.2) is 74.9 Å². The van der Waals surface area contributed by atoms with Crippen molar-refractivity contribution in [2.24, 2.45) is 0 Å². The van der Waals surface area contributed by atoms with Gasteiger partial charge in [0.15, 0.2) is 5.78 Å². The van der Waals surface area contributed by atoms with Crippen molar-refractivity contribution in [1.82, 2.24) is 0 Å². The Bertz CT molecular complexity index is 2760. The van der Waals surface area contributed by atoms with Crippen molar-refractivity contribution < 1.29 is 84.5 Å². The van der Waals surface area contributed by atoms with Gasteiger partial charge in [-0.15, -0.1) is 0 Å². The molecule has 5 aromatic rings. The van der Waals surface area contributed by atoms with Crippen molar-refractivity contribution in [3.05, 3.63) is 175 Å². The second kappa shape index (κ2) is 23.9. The average Bonchev–Trinajstić information content (AvgIpc) is 3.32. The number of ether oxygens (including phenoxy) is 4. The third kappa shape index (κ3) is 16.7. The molecule has 0 saturated heterocycles. The maximum absolute atomic E-state index is 13.5. The van der Waals surface area contributed by atoms with Crippen LogP contribution in [0.5, 0.6) is 23.0 Å². The minimum absolute atomic E-state index is 0.0402. The molecule has 0 aliphatic carbocycles. The predicted molar refractivity (Wildman–Crippen MR) is 240 cm³/mol. The molecule has 16 nitrogen and oxygen atoms in total. The zero-order chi connectivity index (χ0) is 51.9. The number of ketones is 2. The number of non-ortho nitro benzene ring substituents is 1. The number of nitrogens with zero attached hydrogens (tertiary/aromatic N) is 2. The van der Waals surface area contributed by atoms with Gasteiger partial charge in [-0.1, -0.05) is 36.4 Å². The Morgan fingerprint density at radius 3 is 1.41 bits per heavy atom. The fraction of sp³-hybridized carbons (Fsp3) is 0.224. The number of hydrogen-bond acceptors (Lipinski definition) is 14. The lowest BCUT2D eigenvalue weighted by Gasteiger charge is -2.28. The van der Waals surface area contributed by atoms with Gasteiger partial charge in [0.05, 0.1) is 46.2 Å². The molecule has 5 rings (SSSR count). The summed E-state index contributed by atoms with van der Waals surface area (Å²) in [6.45, 7) is -0.379. The normalized spacial score (nSPS) is 12.3. The SMILES string of the molecule is O=C(/C=C/c1ccc(OC(=O)c2ccc(OCCCC(F)(F)F)cc2)cc1)CC(c1ccc([N+](=O)[O-])cc1[N+](=O)[O-])C(O)(O)C(=O)/C=C/c1ccc(OC(=O)c2ccc(OCCCC(F)(F)F)cc2)cc1. The molecule has 0 saturated carbocycles. The van der Waals surface area contributed by atoms with Crippen molar-refractivity contribution in [3.8, 4) is 23.0 Å². The van der Waals surface area contributed by atoms with Gasteiger partial charge in [-0.2, -0.15) is 26.3 Å². The number of halogens is 6. The number of aliphatic hydroxyl groups is 2. The zero-order valence-corrected chi connectivity index (χ0v) is 36.8. The maximum atomic E-state index is 13.5. The number of carbonyl (C=O) groups is 4. The lowest BCUT2D eigenvalue weighted by molar-refractivity contribution is -0.394. The molecule has 0 bridgehead atoms. The van der Waals surface area contributed by atoms with E-state index in [2.05, 4.69) is 0 Å². The van der Waals surface area contributed by atoms with Crippen LogP contribution in [0.25, 0.3) is 12.2 Å². The first-order valence-corrected chi connectivity index (χ1v) is 21.0. The highest BCUT2D eigenvalue weighted by Gasteiger charge is 2.45. The molecule has 0 radical (unpaired) electrons. The largest absolute Gasteiger partial charge is 0.494 e. The Labute approximate surface area is 398 Å². The Kier molecular flexibility index (Phi) is 18.0. The number of nitro benzene ring substituents is 2. The second-order valence-electron chi connectivity index (χ2n) is 15.3. The molecule has 0 heterocycles. The summed E-state index contributed by atoms with van der Waals surface area (Å²) in [4.78, 5) is 73.8. The number of allylic oxidation sites excluding steroid dienone is 1. The van der Waals surface area contributed by atoms with Crippen molar-refractivity contribution in [1.29, 1.82) is 0 Å². The summed E-state index contributed by atoms with van der Waals surface area (Å²) < 4.78 is 95.3. The lowest BCUT2D eigenvalue weighted by Crippen LogP contribution is -2.44. The van der Waals surface area contributed by atoms with Gasteiger partial charge in [0.25, 0.3) is 11.4 Å². The number of carbonyl (C=O) groups excluding carboxylic acids is 4. The van der Waals surface area contributed by atoms with Gasteiger partial charge < -0.3 is 29.2 Å². The van der Waals surface area contributed by atoms with Crippen LogP contribution < -0.4 is 18.9 Å². The third-order valence-electron chi connectivity index (χ3n) is 10.0. The first kappa shape index (κ1) is 53.7.